The van der Waals surface area contributed by atoms with E-state index in [0.717, 1.165) is 27.9 Å². The van der Waals surface area contributed by atoms with E-state index in [0.29, 0.717) is 36.8 Å². The maximum atomic E-state index is 14.0. The lowest BCUT2D eigenvalue weighted by molar-refractivity contribution is -0.150. The number of aromatic amines is 1. The molecular formula is C30H33N5O6. The van der Waals surface area contributed by atoms with E-state index in [1.54, 1.807) is 9.47 Å². The lowest BCUT2D eigenvalue weighted by atomic mass is 10.0. The molecule has 5 rings (SSSR count). The summed E-state index contributed by atoms with van der Waals surface area (Å²) in [4.78, 5) is 60.2. The van der Waals surface area contributed by atoms with Crippen molar-refractivity contribution in [1.82, 2.24) is 24.8 Å². The fourth-order valence-electron chi connectivity index (χ4n) is 5.48. The van der Waals surface area contributed by atoms with Gasteiger partial charge in [0.05, 0.1) is 30.4 Å². The zero-order valence-electron chi connectivity index (χ0n) is 23.6. The van der Waals surface area contributed by atoms with Gasteiger partial charge in [0.1, 0.15) is 11.1 Å². The summed E-state index contributed by atoms with van der Waals surface area (Å²) in [7, 11) is 1.44. The molecule has 0 spiro atoms. The van der Waals surface area contributed by atoms with Gasteiger partial charge in [-0.1, -0.05) is 18.2 Å². The second-order valence-electron chi connectivity index (χ2n) is 10.3. The number of ether oxygens (including phenoxy) is 2. The van der Waals surface area contributed by atoms with Crippen molar-refractivity contribution in [3.63, 3.8) is 0 Å². The number of hydrogen-bond acceptors (Lipinski definition) is 7. The molecule has 1 aliphatic heterocycles. The molecule has 0 radical (unpaired) electrons. The average Bonchev–Trinajstić information content (AvgIpc) is 3.34. The molecule has 1 aliphatic rings. The number of methoxy groups -OCH3 is 1. The van der Waals surface area contributed by atoms with Crippen molar-refractivity contribution in [2.24, 2.45) is 0 Å². The first-order valence-corrected chi connectivity index (χ1v) is 13.5. The summed E-state index contributed by atoms with van der Waals surface area (Å²) in [5.41, 5.74) is 3.71. The van der Waals surface area contributed by atoms with Crippen LogP contribution in [0, 0.1) is 13.8 Å². The standard InChI is InChI=1S/C30H33N5O6/c1-17-7-5-10-22-24(17)26-25(30(39)35(22)15-21-9-6-8-18(2)31-21)28(40-4)27(33-26)29(38)32-20-11-13-34(14-12-20)23(37)16-41-19(3)36/h5-10,20,33H,11-16H2,1-4H3,(H,32,38). The van der Waals surface area contributed by atoms with Crippen LogP contribution >= 0.6 is 0 Å². The van der Waals surface area contributed by atoms with E-state index < -0.39 is 11.9 Å². The maximum Gasteiger partial charge on any atom is 0.303 e. The number of hydrogen-bond donors (Lipinski definition) is 2. The first-order chi connectivity index (χ1) is 19.7. The fraction of sp³-hybridized carbons (Fsp3) is 0.367. The Labute approximate surface area is 236 Å². The van der Waals surface area contributed by atoms with Crippen molar-refractivity contribution >= 4 is 39.6 Å². The van der Waals surface area contributed by atoms with Gasteiger partial charge < -0.3 is 29.2 Å². The molecule has 3 aromatic heterocycles. The summed E-state index contributed by atoms with van der Waals surface area (Å²) in [6.07, 6.45) is 1.08. The molecule has 11 nitrogen and oxygen atoms in total. The smallest absolute Gasteiger partial charge is 0.303 e. The SMILES string of the molecule is COc1c(C(=O)NC2CCN(C(=O)COC(C)=O)CC2)[nH]c2c1c(=O)n(Cc1cccc(C)n1)c1cccc(C)c21. The Morgan fingerprint density at radius 3 is 2.49 bits per heavy atom. The van der Waals surface area contributed by atoms with Crippen LogP contribution in [0.4, 0.5) is 0 Å². The van der Waals surface area contributed by atoms with Gasteiger partial charge in [-0.25, -0.2) is 0 Å². The molecule has 0 bridgehead atoms. The summed E-state index contributed by atoms with van der Waals surface area (Å²) in [6.45, 7) is 5.96. The van der Waals surface area contributed by atoms with Crippen molar-refractivity contribution in [2.45, 2.75) is 46.2 Å². The number of aryl methyl sites for hydroxylation is 2. The number of nitrogens with zero attached hydrogens (tertiary/aromatic N) is 3. The highest BCUT2D eigenvalue weighted by molar-refractivity contribution is 6.12. The Kier molecular flexibility index (Phi) is 7.78. The lowest BCUT2D eigenvalue weighted by Gasteiger charge is -2.32. The Hall–Kier alpha value is -4.67. The minimum absolute atomic E-state index is 0.170. The number of H-pyrrole nitrogens is 1. The van der Waals surface area contributed by atoms with Gasteiger partial charge in [0.2, 0.25) is 0 Å². The number of fused-ring (bicyclic) bond motifs is 3. The largest absolute Gasteiger partial charge is 0.493 e. The summed E-state index contributed by atoms with van der Waals surface area (Å²) in [5, 5.41) is 4.16. The van der Waals surface area contributed by atoms with E-state index in [2.05, 4.69) is 15.3 Å². The molecule has 0 unspecified atom stereocenters. The fourth-order valence-corrected chi connectivity index (χ4v) is 5.48. The Morgan fingerprint density at radius 1 is 1.07 bits per heavy atom. The van der Waals surface area contributed by atoms with Crippen molar-refractivity contribution in [1.29, 1.82) is 0 Å². The number of nitrogens with one attached hydrogen (secondary N) is 2. The quantitative estimate of drug-likeness (QED) is 0.333. The molecule has 2 amide bonds. The molecular weight excluding hydrogens is 526 g/mol. The van der Waals surface area contributed by atoms with Gasteiger partial charge in [-0.05, 0) is 50.5 Å². The minimum Gasteiger partial charge on any atom is -0.493 e. The number of likely N-dealkylation sites (tertiary alicyclic amines) is 1. The molecule has 1 aromatic carbocycles. The summed E-state index contributed by atoms with van der Waals surface area (Å²) >= 11 is 0. The maximum absolute atomic E-state index is 14.0. The molecule has 2 N–H and O–H groups in total. The number of carbonyl (C=O) groups is 3. The molecule has 11 heteroatoms. The second kappa shape index (κ2) is 11.4. The van der Waals surface area contributed by atoms with Gasteiger partial charge in [-0.3, -0.25) is 24.2 Å². The number of esters is 1. The Balaban J connectivity index is 1.47. The number of benzene rings is 1. The number of aromatic nitrogens is 3. The monoisotopic (exact) mass is 559 g/mol. The lowest BCUT2D eigenvalue weighted by Crippen LogP contribution is -2.47. The van der Waals surface area contributed by atoms with Gasteiger partial charge >= 0.3 is 5.97 Å². The van der Waals surface area contributed by atoms with Gasteiger partial charge in [0, 0.05) is 37.1 Å². The highest BCUT2D eigenvalue weighted by Crippen LogP contribution is 2.34. The molecule has 0 atom stereocenters. The van der Waals surface area contributed by atoms with Crippen LogP contribution in [0.3, 0.4) is 0 Å². The predicted octanol–water partition coefficient (Wildman–Crippen LogP) is 2.84. The van der Waals surface area contributed by atoms with E-state index in [1.165, 1.54) is 14.0 Å². The van der Waals surface area contributed by atoms with Crippen molar-refractivity contribution in [3.05, 3.63) is 69.4 Å². The van der Waals surface area contributed by atoms with Crippen LogP contribution in [0.1, 0.15) is 47.2 Å². The van der Waals surface area contributed by atoms with E-state index >= 15 is 0 Å². The van der Waals surface area contributed by atoms with Crippen molar-refractivity contribution < 1.29 is 23.9 Å². The van der Waals surface area contributed by atoms with E-state index in [4.69, 9.17) is 9.47 Å². The normalized spacial score (nSPS) is 13.9. The third kappa shape index (κ3) is 5.52. The van der Waals surface area contributed by atoms with Gasteiger partial charge in [0.15, 0.2) is 12.4 Å². The number of amides is 2. The van der Waals surface area contributed by atoms with Crippen LogP contribution in [0.2, 0.25) is 0 Å². The van der Waals surface area contributed by atoms with Gasteiger partial charge in [-0.2, -0.15) is 0 Å². The molecule has 214 valence electrons. The van der Waals surface area contributed by atoms with Crippen molar-refractivity contribution in [2.75, 3.05) is 26.8 Å². The molecule has 1 saturated heterocycles. The van der Waals surface area contributed by atoms with Crippen LogP contribution < -0.4 is 15.6 Å². The summed E-state index contributed by atoms with van der Waals surface area (Å²) in [5.74, 6) is -0.973. The zero-order chi connectivity index (χ0) is 29.3. The minimum atomic E-state index is -0.505. The Morgan fingerprint density at radius 2 is 1.80 bits per heavy atom. The van der Waals surface area contributed by atoms with Crippen LogP contribution in [-0.2, 0) is 20.9 Å². The molecule has 4 heterocycles. The van der Waals surface area contributed by atoms with Gasteiger partial charge in [-0.15, -0.1) is 0 Å². The first-order valence-electron chi connectivity index (χ1n) is 13.5. The zero-order valence-corrected chi connectivity index (χ0v) is 23.6. The van der Waals surface area contributed by atoms with Crippen LogP contribution in [0.15, 0.2) is 41.2 Å². The van der Waals surface area contributed by atoms with Crippen LogP contribution in [0.5, 0.6) is 5.75 Å². The second-order valence-corrected chi connectivity index (χ2v) is 10.3. The number of carbonyl (C=O) groups excluding carboxylic acids is 3. The molecule has 0 saturated carbocycles. The van der Waals surface area contributed by atoms with Crippen molar-refractivity contribution in [3.8, 4) is 5.75 Å². The number of rotatable bonds is 7. The number of pyridine rings is 2. The molecule has 4 aromatic rings. The van der Waals surface area contributed by atoms with Crippen LogP contribution in [0.25, 0.3) is 21.8 Å². The third-order valence-electron chi connectivity index (χ3n) is 7.48. The first kappa shape index (κ1) is 27.9. The molecule has 0 aliphatic carbocycles. The predicted molar refractivity (Wildman–Crippen MR) is 153 cm³/mol. The summed E-state index contributed by atoms with van der Waals surface area (Å²) in [6, 6.07) is 11.3. The third-order valence-corrected chi connectivity index (χ3v) is 7.48. The highest BCUT2D eigenvalue weighted by Gasteiger charge is 2.29. The Bertz CT molecular complexity index is 1710. The van der Waals surface area contributed by atoms with E-state index in [-0.39, 0.29) is 42.1 Å². The van der Waals surface area contributed by atoms with Gasteiger partial charge in [0.25, 0.3) is 17.4 Å². The number of piperidine rings is 1. The van der Waals surface area contributed by atoms with E-state index in [1.807, 2.05) is 50.2 Å². The highest BCUT2D eigenvalue weighted by atomic mass is 16.5. The summed E-state index contributed by atoms with van der Waals surface area (Å²) < 4.78 is 12.2. The van der Waals surface area contributed by atoms with Crippen LogP contribution in [-0.4, -0.2) is 70.1 Å². The molecule has 1 fully saturated rings. The average molecular weight is 560 g/mol. The molecule has 41 heavy (non-hydrogen) atoms. The topological polar surface area (TPSA) is 136 Å². The van der Waals surface area contributed by atoms with E-state index in [9.17, 15) is 19.2 Å².